The zero-order valence-electron chi connectivity index (χ0n) is 7.11. The largest absolute Gasteiger partial charge is 0.454 e. The van der Waals surface area contributed by atoms with E-state index in [9.17, 15) is 0 Å². The van der Waals surface area contributed by atoms with Crippen LogP contribution in [0, 0.1) is 0 Å². The molecule has 2 rings (SSSR count). The average molecular weight is 180 g/mol. The van der Waals surface area contributed by atoms with Crippen molar-refractivity contribution in [2.24, 2.45) is 10.1 Å². The maximum atomic E-state index is 5.30. The molecule has 0 aromatic rings. The lowest BCUT2D eigenvalue weighted by atomic mass is 9.79. The van der Waals surface area contributed by atoms with Crippen molar-refractivity contribution < 1.29 is 9.31 Å². The Hall–Kier alpha value is -0.285. The molecule has 0 aliphatic carbocycles. The van der Waals surface area contributed by atoms with Crippen LogP contribution in [0.4, 0.5) is 0 Å². The van der Waals surface area contributed by atoms with E-state index >= 15 is 0 Å². The first-order valence-electron chi connectivity index (χ1n) is 4.58. The van der Waals surface area contributed by atoms with E-state index in [1.807, 2.05) is 0 Å². The lowest BCUT2D eigenvalue weighted by Gasteiger charge is -1.97. The summed E-state index contributed by atoms with van der Waals surface area (Å²) < 4.78 is 10.6. The van der Waals surface area contributed by atoms with Gasteiger partial charge in [0.1, 0.15) is 0 Å². The van der Waals surface area contributed by atoms with Gasteiger partial charge in [-0.2, -0.15) is 0 Å². The third kappa shape index (κ3) is 3.16. The van der Waals surface area contributed by atoms with Gasteiger partial charge in [0.05, 0.1) is 8.41 Å². The van der Waals surface area contributed by atoms with Crippen molar-refractivity contribution in [2.45, 2.75) is 25.5 Å². The van der Waals surface area contributed by atoms with E-state index in [1.165, 1.54) is 0 Å². The van der Waals surface area contributed by atoms with Gasteiger partial charge in [0.15, 0.2) is 0 Å². The van der Waals surface area contributed by atoms with Gasteiger partial charge in [0.2, 0.25) is 0 Å². The highest BCUT2D eigenvalue weighted by atomic mass is 16.5. The van der Waals surface area contributed by atoms with E-state index in [-0.39, 0.29) is 22.5 Å². The molecule has 2 saturated heterocycles. The van der Waals surface area contributed by atoms with Crippen LogP contribution in [0.5, 0.6) is 0 Å². The maximum Gasteiger partial charge on any atom is 0.454 e. The molecule has 70 valence electrons. The summed E-state index contributed by atoms with van der Waals surface area (Å²) in [5.41, 5.74) is 0. The number of nitrogens with zero attached hydrogens (tertiary/aromatic N) is 2. The number of rotatable bonds is 2. The Morgan fingerprint density at radius 2 is 1.31 bits per heavy atom. The molecule has 0 bridgehead atoms. The number of hydrogen-bond acceptors (Lipinski definition) is 4. The normalized spacial score (nSPS) is 22.8. The monoisotopic (exact) mass is 180 g/mol. The summed E-state index contributed by atoms with van der Waals surface area (Å²) in [5, 5.41) is 8.17. The molecule has 13 heavy (non-hydrogen) atoms. The van der Waals surface area contributed by atoms with Crippen molar-refractivity contribution in [2.75, 3.05) is 13.2 Å². The summed E-state index contributed by atoms with van der Waals surface area (Å²) in [4.78, 5) is 0. The van der Waals surface area contributed by atoms with Crippen molar-refractivity contribution >= 4 is 22.5 Å². The highest BCUT2D eigenvalue weighted by Crippen LogP contribution is 2.14. The van der Waals surface area contributed by atoms with Gasteiger partial charge in [-0.15, -0.1) is 0 Å². The molecule has 0 spiro atoms. The Labute approximate surface area is 81.3 Å². The molecule has 0 atom stereocenters. The summed E-state index contributed by atoms with van der Waals surface area (Å²) in [5.74, 6) is 0. The first-order chi connectivity index (χ1) is 5.95. The van der Waals surface area contributed by atoms with E-state index in [0.717, 1.165) is 38.7 Å². The molecule has 0 radical (unpaired) electrons. The van der Waals surface area contributed by atoms with Crippen LogP contribution in [0.15, 0.2) is 10.1 Å². The third-order valence-electron chi connectivity index (χ3n) is 2.14. The summed E-state index contributed by atoms with van der Waals surface area (Å²) in [6.45, 7) is 1.66. The van der Waals surface area contributed by atoms with Crippen molar-refractivity contribution in [3.8, 4) is 0 Å². The van der Waals surface area contributed by atoms with E-state index in [2.05, 4.69) is 10.1 Å². The van der Waals surface area contributed by atoms with Crippen LogP contribution >= 0.6 is 0 Å². The smallest absolute Gasteiger partial charge is 0.415 e. The van der Waals surface area contributed by atoms with Crippen molar-refractivity contribution in [3.05, 3.63) is 0 Å². The zero-order valence-corrected chi connectivity index (χ0v) is 7.11. The van der Waals surface area contributed by atoms with Crippen molar-refractivity contribution in [1.82, 2.24) is 0 Å². The number of hydrogen-bond donors (Lipinski definition) is 0. The van der Waals surface area contributed by atoms with Crippen LogP contribution in [-0.4, -0.2) is 35.7 Å². The van der Waals surface area contributed by atoms with Gasteiger partial charge in [0, 0.05) is 13.2 Å². The minimum atomic E-state index is 0. The fourth-order valence-corrected chi connectivity index (χ4v) is 1.45. The van der Waals surface area contributed by atoms with E-state index in [1.54, 1.807) is 0 Å². The molecular formula is C6H15B3N2O2. The topological polar surface area (TPSA) is 43.2 Å². The van der Waals surface area contributed by atoms with E-state index in [0.29, 0.717) is 0 Å². The lowest BCUT2D eigenvalue weighted by molar-refractivity contribution is 0.354. The van der Waals surface area contributed by atoms with Gasteiger partial charge < -0.3 is 9.31 Å². The molecule has 2 aliphatic rings. The maximum absolute atomic E-state index is 5.30. The first-order valence-corrected chi connectivity index (χ1v) is 4.58. The third-order valence-corrected chi connectivity index (χ3v) is 2.14. The van der Waals surface area contributed by atoms with Gasteiger partial charge >= 0.3 is 14.1 Å². The molecule has 0 N–H and O–H groups in total. The molecule has 2 fully saturated rings. The molecule has 0 amide bonds. The molecule has 0 aromatic carbocycles. The van der Waals surface area contributed by atoms with Gasteiger partial charge in [-0.05, 0) is 25.5 Å². The fraction of sp³-hybridized carbons (Fsp3) is 1.00. The van der Waals surface area contributed by atoms with Crippen molar-refractivity contribution in [1.29, 1.82) is 0 Å². The lowest BCUT2D eigenvalue weighted by Crippen LogP contribution is -2.11. The Bertz CT molecular complexity index is 151. The predicted octanol–water partition coefficient (Wildman–Crippen LogP) is 0.0717. The zero-order chi connectivity index (χ0) is 8.23. The molecule has 4 nitrogen and oxygen atoms in total. The average Bonchev–Trinajstić information content (AvgIpc) is 2.74. The minimum absolute atomic E-state index is 0. The van der Waals surface area contributed by atoms with E-state index in [4.69, 9.17) is 9.31 Å². The summed E-state index contributed by atoms with van der Waals surface area (Å²) >= 11 is 0. The van der Waals surface area contributed by atoms with E-state index < -0.39 is 0 Å². The highest BCUT2D eigenvalue weighted by molar-refractivity contribution is 6.53. The standard InChI is InChI=1S/C6H12B2N2O2.BH3/c1-3-7(11-5-1)9-10-8-4-2-6-12-8;/h1-6H2;1H3. The van der Waals surface area contributed by atoms with Crippen LogP contribution in [0.3, 0.4) is 0 Å². The molecule has 2 heterocycles. The SMILES string of the molecule is B.C1COB(N=NB2CCCO2)C1. The first kappa shape index (κ1) is 10.8. The van der Waals surface area contributed by atoms with Crippen LogP contribution < -0.4 is 0 Å². The Morgan fingerprint density at radius 3 is 1.62 bits per heavy atom. The van der Waals surface area contributed by atoms with Gasteiger partial charge in [-0.1, -0.05) is 0 Å². The quantitative estimate of drug-likeness (QED) is 0.445. The van der Waals surface area contributed by atoms with Crippen LogP contribution in [0.25, 0.3) is 0 Å². The van der Waals surface area contributed by atoms with Crippen molar-refractivity contribution in [3.63, 3.8) is 0 Å². The Kier molecular flexibility index (Phi) is 4.52. The van der Waals surface area contributed by atoms with Gasteiger partial charge in [0.25, 0.3) is 0 Å². The summed E-state index contributed by atoms with van der Waals surface area (Å²) in [7, 11) is 0.0170. The highest BCUT2D eigenvalue weighted by Gasteiger charge is 2.25. The molecular weight excluding hydrogens is 165 g/mol. The summed E-state index contributed by atoms with van der Waals surface area (Å²) in [6.07, 6.45) is 4.23. The van der Waals surface area contributed by atoms with Gasteiger partial charge in [-0.3, -0.25) is 0 Å². The molecule has 0 aromatic heterocycles. The molecule has 0 unspecified atom stereocenters. The minimum Gasteiger partial charge on any atom is -0.415 e. The Morgan fingerprint density at radius 1 is 0.846 bits per heavy atom. The summed E-state index contributed by atoms with van der Waals surface area (Å²) in [6, 6.07) is 0. The predicted molar refractivity (Wildman–Crippen MR) is 57.1 cm³/mol. The van der Waals surface area contributed by atoms with Crippen LogP contribution in [0.1, 0.15) is 12.8 Å². The molecule has 2 aliphatic heterocycles. The molecule has 0 saturated carbocycles. The Balaban J connectivity index is 0.000000845. The second-order valence-corrected chi connectivity index (χ2v) is 3.17. The second-order valence-electron chi connectivity index (χ2n) is 3.17. The van der Waals surface area contributed by atoms with Crippen LogP contribution in [0.2, 0.25) is 12.6 Å². The second kappa shape index (κ2) is 5.45. The van der Waals surface area contributed by atoms with Gasteiger partial charge in [-0.25, -0.2) is 10.1 Å². The molecule has 7 heteroatoms. The van der Waals surface area contributed by atoms with Crippen LogP contribution in [-0.2, 0) is 9.31 Å². The fourth-order valence-electron chi connectivity index (χ4n) is 1.45.